The minimum absolute atomic E-state index is 0.0546. The second-order valence-electron chi connectivity index (χ2n) is 16.7. The van der Waals surface area contributed by atoms with Gasteiger partial charge in [-0.3, -0.25) is 19.9 Å². The first-order chi connectivity index (χ1) is 27.5. The number of carbonyl (C=O) groups is 6. The Hall–Kier alpha value is -5.36. The Labute approximate surface area is 347 Å². The van der Waals surface area contributed by atoms with Crippen LogP contribution in [0, 0.1) is 35.5 Å². The smallest absolute Gasteiger partial charge is 0.407 e. The molecule has 0 spiro atoms. The molecule has 5 amide bonds. The van der Waals surface area contributed by atoms with Crippen LogP contribution in [0.1, 0.15) is 93.7 Å². The number of alkyl carbamates (subject to hydrolysis) is 3. The molecule has 1 rings (SSSR count). The summed E-state index contributed by atoms with van der Waals surface area (Å²) in [5.74, 6) is -1.33. The van der Waals surface area contributed by atoms with E-state index in [1.807, 2.05) is 27.7 Å². The Kier molecular flexibility index (Phi) is 22.7. The molecule has 0 aliphatic rings. The highest BCUT2D eigenvalue weighted by Gasteiger charge is 2.25. The second kappa shape index (κ2) is 25.9. The molecule has 4 unspecified atom stereocenters. The molecule has 6 N–H and O–H groups in total. The summed E-state index contributed by atoms with van der Waals surface area (Å²) >= 11 is 0. The van der Waals surface area contributed by atoms with Crippen LogP contribution in [-0.4, -0.2) is 104 Å². The Morgan fingerprint density at radius 3 is 1.86 bits per heavy atom. The third-order valence-corrected chi connectivity index (χ3v) is 8.74. The second-order valence-corrected chi connectivity index (χ2v) is 16.7. The topological polar surface area (TPSA) is 254 Å². The van der Waals surface area contributed by atoms with E-state index < -0.39 is 48.5 Å². The summed E-state index contributed by atoms with van der Waals surface area (Å²) in [7, 11) is 0. The van der Waals surface area contributed by atoms with Crippen LogP contribution in [0.25, 0.3) is 0 Å². The van der Waals surface area contributed by atoms with Crippen molar-refractivity contribution in [2.75, 3.05) is 51.3 Å². The highest BCUT2D eigenvalue weighted by atomic mass is 16.6. The lowest BCUT2D eigenvalue weighted by atomic mass is 9.80. The van der Waals surface area contributed by atoms with E-state index in [2.05, 4.69) is 57.0 Å². The average Bonchev–Trinajstić information content (AvgIpc) is 3.12. The summed E-state index contributed by atoms with van der Waals surface area (Å²) in [6, 6.07) is 0.847. The van der Waals surface area contributed by atoms with Gasteiger partial charge in [0.15, 0.2) is 6.10 Å². The number of aromatic nitrogens is 2. The van der Waals surface area contributed by atoms with E-state index in [0.717, 1.165) is 12.5 Å². The van der Waals surface area contributed by atoms with Crippen LogP contribution in [-0.2, 0) is 33.3 Å². The maximum atomic E-state index is 12.5. The van der Waals surface area contributed by atoms with Gasteiger partial charge in [-0.05, 0) is 62.2 Å². The fourth-order valence-electron chi connectivity index (χ4n) is 5.94. The number of ether oxygens (including phenoxy) is 5. The van der Waals surface area contributed by atoms with Crippen molar-refractivity contribution in [3.05, 3.63) is 34.8 Å². The first-order valence-electron chi connectivity index (χ1n) is 19.9. The maximum absolute atomic E-state index is 12.5. The average molecular weight is 838 g/mol. The largest absolute Gasteiger partial charge is 0.461 e. The van der Waals surface area contributed by atoms with Crippen molar-refractivity contribution in [1.29, 1.82) is 0 Å². The van der Waals surface area contributed by atoms with E-state index >= 15 is 0 Å². The first-order valence-corrected chi connectivity index (χ1v) is 19.9. The van der Waals surface area contributed by atoms with E-state index in [1.165, 1.54) is 6.07 Å². The number of nitrogens with one attached hydrogen (secondary N) is 6. The maximum Gasteiger partial charge on any atom is 0.407 e. The molecule has 1 heterocycles. The fraction of sp³-hybridized carbons (Fsp3) is 0.700. The molecule has 19 nitrogen and oxygen atoms in total. The number of H-pyrrole nitrogens is 1. The van der Waals surface area contributed by atoms with Crippen LogP contribution >= 0.6 is 0 Å². The molecule has 0 aliphatic carbocycles. The molecule has 59 heavy (non-hydrogen) atoms. The summed E-state index contributed by atoms with van der Waals surface area (Å²) in [4.78, 5) is 90.9. The molecule has 0 saturated heterocycles. The number of urea groups is 1. The van der Waals surface area contributed by atoms with Gasteiger partial charge >= 0.3 is 36.2 Å². The Morgan fingerprint density at radius 2 is 1.31 bits per heavy atom. The van der Waals surface area contributed by atoms with Crippen LogP contribution in [0.2, 0.25) is 0 Å². The standard InChI is InChI=1S/C40H67N7O12/c1-12-32(49)55-23-30(24-56-33(50)25(2)3)59-37(53)42-16-14-40(10,11)19-27(5)21-44-38(54)58-29(7)22-57-36(52)41-15-13-39(8,9)18-26(4)20-43-35(51)47-34-45-28(6)17-31(48)46-34/h12,17,25-27,29-30H,1,13-16,18-24H2,2-11H3,(H,41,52)(H,42,53)(H,44,54)(H3,43,45,46,47,48,51). The van der Waals surface area contributed by atoms with Crippen molar-refractivity contribution in [3.8, 4) is 0 Å². The third kappa shape index (κ3) is 24.9. The van der Waals surface area contributed by atoms with E-state index in [4.69, 9.17) is 23.7 Å². The van der Waals surface area contributed by atoms with Crippen LogP contribution in [0.15, 0.2) is 23.5 Å². The van der Waals surface area contributed by atoms with Crippen molar-refractivity contribution < 1.29 is 52.5 Å². The number of amides is 5. The van der Waals surface area contributed by atoms with Gasteiger partial charge in [0.1, 0.15) is 25.9 Å². The van der Waals surface area contributed by atoms with Gasteiger partial charge in [0, 0.05) is 44.0 Å². The fourth-order valence-corrected chi connectivity index (χ4v) is 5.94. The third-order valence-electron chi connectivity index (χ3n) is 8.74. The number of anilines is 1. The van der Waals surface area contributed by atoms with Gasteiger partial charge in [-0.25, -0.2) is 29.0 Å². The van der Waals surface area contributed by atoms with Crippen LogP contribution in [0.3, 0.4) is 0 Å². The van der Waals surface area contributed by atoms with E-state index in [0.29, 0.717) is 44.6 Å². The zero-order chi connectivity index (χ0) is 44.8. The van der Waals surface area contributed by atoms with Crippen LogP contribution < -0.4 is 32.1 Å². The lowest BCUT2D eigenvalue weighted by Gasteiger charge is -2.28. The van der Waals surface area contributed by atoms with Crippen molar-refractivity contribution in [2.45, 2.75) is 107 Å². The van der Waals surface area contributed by atoms with Gasteiger partial charge in [0.2, 0.25) is 5.95 Å². The van der Waals surface area contributed by atoms with E-state index in [1.54, 1.807) is 27.7 Å². The number of esters is 2. The molecule has 0 bridgehead atoms. The Balaban J connectivity index is 2.32. The minimum Gasteiger partial charge on any atom is -0.461 e. The molecule has 4 atom stereocenters. The molecular weight excluding hydrogens is 770 g/mol. The van der Waals surface area contributed by atoms with E-state index in [9.17, 15) is 33.6 Å². The Morgan fingerprint density at radius 1 is 0.763 bits per heavy atom. The van der Waals surface area contributed by atoms with Crippen molar-refractivity contribution >= 4 is 42.2 Å². The van der Waals surface area contributed by atoms with Gasteiger partial charge in [-0.1, -0.05) is 62.0 Å². The molecule has 1 aromatic heterocycles. The molecule has 1 aromatic rings. The minimum atomic E-state index is -1.01. The predicted octanol–water partition coefficient (Wildman–Crippen LogP) is 4.95. The molecule has 19 heteroatoms. The number of carbonyl (C=O) groups excluding carboxylic acids is 6. The summed E-state index contributed by atoms with van der Waals surface area (Å²) in [5, 5.41) is 13.4. The predicted molar refractivity (Wildman–Crippen MR) is 219 cm³/mol. The van der Waals surface area contributed by atoms with Gasteiger partial charge in [-0.2, -0.15) is 0 Å². The number of hydrogen-bond acceptors (Lipinski definition) is 13. The summed E-state index contributed by atoms with van der Waals surface area (Å²) in [6.07, 6.45) is -0.0761. The molecule has 334 valence electrons. The Bertz CT molecular complexity index is 1600. The highest BCUT2D eigenvalue weighted by molar-refractivity contribution is 5.87. The van der Waals surface area contributed by atoms with Crippen molar-refractivity contribution in [1.82, 2.24) is 31.2 Å². The zero-order valence-corrected chi connectivity index (χ0v) is 36.4. The number of hydrogen-bond donors (Lipinski definition) is 6. The number of rotatable bonds is 25. The summed E-state index contributed by atoms with van der Waals surface area (Å²) < 4.78 is 26.0. The quantitative estimate of drug-likeness (QED) is 0.0434. The highest BCUT2D eigenvalue weighted by Crippen LogP contribution is 2.29. The zero-order valence-electron chi connectivity index (χ0n) is 36.4. The molecule has 0 saturated carbocycles. The van der Waals surface area contributed by atoms with Crippen molar-refractivity contribution in [3.63, 3.8) is 0 Å². The lowest BCUT2D eigenvalue weighted by molar-refractivity contribution is -0.153. The normalized spacial score (nSPS) is 13.4. The molecule has 0 fully saturated rings. The van der Waals surface area contributed by atoms with Crippen molar-refractivity contribution in [2.24, 2.45) is 28.6 Å². The lowest BCUT2D eigenvalue weighted by Crippen LogP contribution is -2.37. The van der Waals surface area contributed by atoms with Crippen LogP contribution in [0.5, 0.6) is 0 Å². The summed E-state index contributed by atoms with van der Waals surface area (Å²) in [6.45, 7) is 22.7. The SMILES string of the molecule is C=CC(=O)OCC(COC(=O)C(C)C)OC(=O)NCCC(C)(C)CC(C)CNC(=O)OC(C)COC(=O)NCCC(C)(C)CC(C)CNC(=O)Nc1nc(C)cc(=O)[nH]1. The van der Waals surface area contributed by atoms with E-state index in [-0.39, 0.29) is 66.5 Å². The van der Waals surface area contributed by atoms with Crippen LogP contribution in [0.4, 0.5) is 25.1 Å². The monoisotopic (exact) mass is 837 g/mol. The van der Waals surface area contributed by atoms with Gasteiger partial charge in [0.05, 0.1) is 5.92 Å². The number of nitrogens with zero attached hydrogens (tertiary/aromatic N) is 1. The molecule has 0 aliphatic heterocycles. The number of aryl methyl sites for hydroxylation is 1. The molecule has 0 aromatic carbocycles. The van der Waals surface area contributed by atoms with Gasteiger partial charge in [-0.15, -0.1) is 0 Å². The van der Waals surface area contributed by atoms with Gasteiger partial charge < -0.3 is 45.0 Å². The summed E-state index contributed by atoms with van der Waals surface area (Å²) in [5.41, 5.74) is -0.266. The first kappa shape index (κ1) is 51.7. The molecule has 0 radical (unpaired) electrons. The van der Waals surface area contributed by atoms with Gasteiger partial charge in [0.25, 0.3) is 5.56 Å². The molecular formula is C40H67N7O12. The number of aromatic amines is 1.